The molecule has 0 fully saturated rings. The van der Waals surface area contributed by atoms with Gasteiger partial charge >= 0.3 is 0 Å². The summed E-state index contributed by atoms with van der Waals surface area (Å²) in [6.07, 6.45) is 2.42. The van der Waals surface area contributed by atoms with Crippen molar-refractivity contribution in [2.75, 3.05) is 13.7 Å². The topological polar surface area (TPSA) is 21.3 Å². The van der Waals surface area contributed by atoms with E-state index < -0.39 is 0 Å². The summed E-state index contributed by atoms with van der Waals surface area (Å²) < 4.78 is 6.25. The molecule has 21 heavy (non-hydrogen) atoms. The van der Waals surface area contributed by atoms with Crippen LogP contribution in [0.1, 0.15) is 45.2 Å². The van der Waals surface area contributed by atoms with Crippen molar-refractivity contribution in [2.24, 2.45) is 5.92 Å². The Balaban J connectivity index is 2.36. The third-order valence-corrected chi connectivity index (χ3v) is 4.10. The molecule has 2 atom stereocenters. The molecule has 0 aliphatic carbocycles. The summed E-state index contributed by atoms with van der Waals surface area (Å²) in [6, 6.07) is 13.1. The highest BCUT2D eigenvalue weighted by Gasteiger charge is 2.14. The van der Waals surface area contributed by atoms with E-state index in [1.165, 1.54) is 29.2 Å². The molecule has 2 aromatic carbocycles. The van der Waals surface area contributed by atoms with Gasteiger partial charge in [0, 0.05) is 17.0 Å². The molecule has 2 heteroatoms. The molecule has 1 N–H and O–H groups in total. The summed E-state index contributed by atoms with van der Waals surface area (Å²) in [5.74, 6) is 1.63. The fourth-order valence-electron chi connectivity index (χ4n) is 2.72. The summed E-state index contributed by atoms with van der Waals surface area (Å²) in [5.41, 5.74) is 1.24. The van der Waals surface area contributed by atoms with E-state index in [9.17, 15) is 0 Å². The van der Waals surface area contributed by atoms with Crippen molar-refractivity contribution in [1.82, 2.24) is 5.32 Å². The number of rotatable bonds is 7. The van der Waals surface area contributed by atoms with Gasteiger partial charge < -0.3 is 10.1 Å². The third kappa shape index (κ3) is 3.76. The average Bonchev–Trinajstić information content (AvgIpc) is 2.52. The normalized spacial score (nSPS) is 14.1. The highest BCUT2D eigenvalue weighted by molar-refractivity contribution is 5.89. The maximum absolute atomic E-state index is 6.25. The van der Waals surface area contributed by atoms with Crippen molar-refractivity contribution in [3.8, 4) is 5.75 Å². The van der Waals surface area contributed by atoms with Crippen LogP contribution in [0.3, 0.4) is 0 Å². The van der Waals surface area contributed by atoms with E-state index in [0.717, 1.165) is 12.4 Å². The van der Waals surface area contributed by atoms with Gasteiger partial charge in [0.1, 0.15) is 5.75 Å². The molecule has 0 aliphatic heterocycles. The number of nitrogens with one attached hydrogen (secondary N) is 1. The van der Waals surface area contributed by atoms with Crippen molar-refractivity contribution >= 4 is 10.8 Å². The Morgan fingerprint density at radius 2 is 1.86 bits per heavy atom. The second-order valence-corrected chi connectivity index (χ2v) is 5.92. The van der Waals surface area contributed by atoms with E-state index in [1.807, 2.05) is 7.05 Å². The minimum atomic E-state index is 0.283. The minimum Gasteiger partial charge on any atom is -0.492 e. The first-order chi connectivity index (χ1) is 10.2. The van der Waals surface area contributed by atoms with Crippen LogP contribution in [0.2, 0.25) is 0 Å². The largest absolute Gasteiger partial charge is 0.492 e. The van der Waals surface area contributed by atoms with Crippen LogP contribution in [0.15, 0.2) is 36.4 Å². The Hall–Kier alpha value is -1.54. The Kier molecular flexibility index (Phi) is 5.63. The van der Waals surface area contributed by atoms with Crippen molar-refractivity contribution < 1.29 is 4.74 Å². The highest BCUT2D eigenvalue weighted by Crippen LogP contribution is 2.34. The lowest BCUT2D eigenvalue weighted by atomic mass is 10.0. The summed E-state index contributed by atoms with van der Waals surface area (Å²) >= 11 is 0. The molecule has 0 saturated heterocycles. The molecule has 0 bridgehead atoms. The van der Waals surface area contributed by atoms with Crippen LogP contribution in [-0.4, -0.2) is 13.7 Å². The fraction of sp³-hybridized carbons (Fsp3) is 0.474. The molecular formula is C19H27NO. The predicted molar refractivity (Wildman–Crippen MR) is 91.0 cm³/mol. The zero-order chi connectivity index (χ0) is 15.2. The van der Waals surface area contributed by atoms with E-state index in [2.05, 4.69) is 62.5 Å². The number of hydrogen-bond donors (Lipinski definition) is 1. The van der Waals surface area contributed by atoms with E-state index in [4.69, 9.17) is 4.74 Å². The van der Waals surface area contributed by atoms with E-state index in [1.54, 1.807) is 0 Å². The van der Waals surface area contributed by atoms with Gasteiger partial charge in [-0.2, -0.15) is 0 Å². The summed E-state index contributed by atoms with van der Waals surface area (Å²) in [5, 5.41) is 5.77. The second kappa shape index (κ2) is 7.46. The molecule has 2 rings (SSSR count). The van der Waals surface area contributed by atoms with Crippen molar-refractivity contribution in [3.05, 3.63) is 42.0 Å². The van der Waals surface area contributed by atoms with E-state index >= 15 is 0 Å². The quantitative estimate of drug-likeness (QED) is 0.778. The zero-order valence-electron chi connectivity index (χ0n) is 13.6. The van der Waals surface area contributed by atoms with Crippen molar-refractivity contribution in [2.45, 2.75) is 39.7 Å². The molecule has 0 amide bonds. The molecular weight excluding hydrogens is 258 g/mol. The number of benzene rings is 2. The molecule has 2 aromatic rings. The van der Waals surface area contributed by atoms with Gasteiger partial charge in [0.2, 0.25) is 0 Å². The molecule has 0 radical (unpaired) electrons. The van der Waals surface area contributed by atoms with Gasteiger partial charge in [-0.1, -0.05) is 56.7 Å². The maximum atomic E-state index is 6.25. The molecule has 2 unspecified atom stereocenters. The van der Waals surface area contributed by atoms with Gasteiger partial charge in [0.25, 0.3) is 0 Å². The Bertz CT molecular complexity index is 579. The van der Waals surface area contributed by atoms with Gasteiger partial charge in [-0.3, -0.25) is 0 Å². The smallest absolute Gasteiger partial charge is 0.131 e. The van der Waals surface area contributed by atoms with Crippen LogP contribution in [-0.2, 0) is 0 Å². The molecule has 0 saturated carbocycles. The summed E-state index contributed by atoms with van der Waals surface area (Å²) in [7, 11) is 1.99. The van der Waals surface area contributed by atoms with Crippen LogP contribution in [0.5, 0.6) is 5.75 Å². The average molecular weight is 285 g/mol. The van der Waals surface area contributed by atoms with Crippen LogP contribution < -0.4 is 10.1 Å². The first-order valence-electron chi connectivity index (χ1n) is 7.99. The minimum absolute atomic E-state index is 0.283. The molecule has 0 spiro atoms. The lowest BCUT2D eigenvalue weighted by molar-refractivity contribution is 0.250. The standard InChI is InChI=1S/C19H27NO/c1-5-8-14(2)13-21-19-17(15(3)20-4)12-11-16-9-6-7-10-18(16)19/h6-7,9-12,14-15,20H,5,8,13H2,1-4H3. The van der Waals surface area contributed by atoms with Crippen molar-refractivity contribution in [3.63, 3.8) is 0 Å². The van der Waals surface area contributed by atoms with Gasteiger partial charge in [-0.25, -0.2) is 0 Å². The number of ether oxygens (including phenoxy) is 1. The Labute approximate surface area is 128 Å². The van der Waals surface area contributed by atoms with Gasteiger partial charge in [-0.05, 0) is 31.7 Å². The van der Waals surface area contributed by atoms with Crippen LogP contribution in [0.4, 0.5) is 0 Å². The molecule has 0 aromatic heterocycles. The lowest BCUT2D eigenvalue weighted by Gasteiger charge is -2.20. The summed E-state index contributed by atoms with van der Waals surface area (Å²) in [6.45, 7) is 7.44. The lowest BCUT2D eigenvalue weighted by Crippen LogP contribution is -2.15. The van der Waals surface area contributed by atoms with Crippen molar-refractivity contribution in [1.29, 1.82) is 0 Å². The van der Waals surface area contributed by atoms with Gasteiger partial charge in [0.05, 0.1) is 6.61 Å². The monoisotopic (exact) mass is 285 g/mol. The maximum Gasteiger partial charge on any atom is 0.131 e. The molecule has 0 aliphatic rings. The molecule has 2 nitrogen and oxygen atoms in total. The number of hydrogen-bond acceptors (Lipinski definition) is 2. The van der Waals surface area contributed by atoms with Gasteiger partial charge in [-0.15, -0.1) is 0 Å². The second-order valence-electron chi connectivity index (χ2n) is 5.92. The molecule has 114 valence electrons. The van der Waals surface area contributed by atoms with Crippen LogP contribution in [0, 0.1) is 5.92 Å². The third-order valence-electron chi connectivity index (χ3n) is 4.10. The number of fused-ring (bicyclic) bond motifs is 1. The Morgan fingerprint density at radius 1 is 1.10 bits per heavy atom. The zero-order valence-corrected chi connectivity index (χ0v) is 13.6. The van der Waals surface area contributed by atoms with Crippen LogP contribution in [0.25, 0.3) is 10.8 Å². The van der Waals surface area contributed by atoms with E-state index in [0.29, 0.717) is 5.92 Å². The van der Waals surface area contributed by atoms with Crippen LogP contribution >= 0.6 is 0 Å². The van der Waals surface area contributed by atoms with E-state index in [-0.39, 0.29) is 6.04 Å². The van der Waals surface area contributed by atoms with Gasteiger partial charge in [0.15, 0.2) is 0 Å². The first-order valence-corrected chi connectivity index (χ1v) is 7.99. The molecule has 0 heterocycles. The predicted octanol–water partition coefficient (Wildman–Crippen LogP) is 4.94. The fourth-order valence-corrected chi connectivity index (χ4v) is 2.72. The first kappa shape index (κ1) is 15.8. The summed E-state index contributed by atoms with van der Waals surface area (Å²) in [4.78, 5) is 0. The Morgan fingerprint density at radius 3 is 2.57 bits per heavy atom. The highest BCUT2D eigenvalue weighted by atomic mass is 16.5. The SMILES string of the molecule is CCCC(C)COc1c(C(C)NC)ccc2ccccc12.